The fraction of sp³-hybridized carbons (Fsp3) is 0.462. The molecule has 1 aromatic rings. The van der Waals surface area contributed by atoms with Gasteiger partial charge in [-0.2, -0.15) is 0 Å². The summed E-state index contributed by atoms with van der Waals surface area (Å²) in [7, 11) is 0. The number of hydrogen-bond donors (Lipinski definition) is 1. The lowest BCUT2D eigenvalue weighted by Crippen LogP contribution is -2.38. The van der Waals surface area contributed by atoms with Crippen molar-refractivity contribution in [1.29, 1.82) is 0 Å². The maximum Gasteiger partial charge on any atom is 0.248 e. The van der Waals surface area contributed by atoms with E-state index < -0.39 is 6.04 Å². The number of halogens is 1. The topological polar surface area (TPSA) is 46.3 Å². The third-order valence-corrected chi connectivity index (χ3v) is 4.01. The molecule has 0 aromatic heterocycles. The van der Waals surface area contributed by atoms with Gasteiger partial charge in [0.1, 0.15) is 6.04 Å². The van der Waals surface area contributed by atoms with Gasteiger partial charge in [0.25, 0.3) is 0 Å². The van der Waals surface area contributed by atoms with Gasteiger partial charge in [0, 0.05) is 22.3 Å². The van der Waals surface area contributed by atoms with Crippen LogP contribution in [0.15, 0.2) is 18.2 Å². The molecule has 2 aliphatic rings. The van der Waals surface area contributed by atoms with E-state index in [1.807, 2.05) is 23.1 Å². The molecule has 0 bridgehead atoms. The Kier molecular flexibility index (Phi) is 2.60. The lowest BCUT2D eigenvalue weighted by molar-refractivity contribution is -0.119. The van der Waals surface area contributed by atoms with Gasteiger partial charge in [0.2, 0.25) is 5.91 Å². The van der Waals surface area contributed by atoms with E-state index in [4.69, 9.17) is 17.3 Å². The highest BCUT2D eigenvalue weighted by molar-refractivity contribution is 6.31. The van der Waals surface area contributed by atoms with Crippen LogP contribution in [0, 0.1) is 0 Å². The van der Waals surface area contributed by atoms with Gasteiger partial charge in [-0.1, -0.05) is 24.4 Å². The minimum atomic E-state index is -0.538. The van der Waals surface area contributed by atoms with Crippen molar-refractivity contribution in [2.24, 2.45) is 5.73 Å². The van der Waals surface area contributed by atoms with E-state index >= 15 is 0 Å². The molecule has 0 saturated heterocycles. The maximum absolute atomic E-state index is 12.2. The van der Waals surface area contributed by atoms with Crippen molar-refractivity contribution in [2.75, 3.05) is 4.90 Å². The first-order valence-corrected chi connectivity index (χ1v) is 6.44. The first kappa shape index (κ1) is 11.1. The number of carbonyl (C=O) groups excluding carboxylic acids is 1. The predicted molar refractivity (Wildman–Crippen MR) is 68.1 cm³/mol. The van der Waals surface area contributed by atoms with Crippen LogP contribution >= 0.6 is 11.6 Å². The molecule has 4 heteroatoms. The Morgan fingerprint density at radius 1 is 1.29 bits per heavy atom. The number of nitrogens with zero attached hydrogens (tertiary/aromatic N) is 1. The number of rotatable bonds is 1. The van der Waals surface area contributed by atoms with E-state index in [0.29, 0.717) is 11.1 Å². The molecule has 1 aromatic carbocycles. The van der Waals surface area contributed by atoms with Crippen LogP contribution in [0.25, 0.3) is 0 Å². The Hall–Kier alpha value is -1.06. The van der Waals surface area contributed by atoms with E-state index in [-0.39, 0.29) is 5.91 Å². The van der Waals surface area contributed by atoms with Crippen molar-refractivity contribution in [2.45, 2.75) is 37.8 Å². The van der Waals surface area contributed by atoms with Crippen molar-refractivity contribution in [3.8, 4) is 0 Å². The lowest BCUT2D eigenvalue weighted by atomic mass is 10.1. The number of amides is 1. The summed E-state index contributed by atoms with van der Waals surface area (Å²) in [6, 6.07) is 5.35. The zero-order valence-corrected chi connectivity index (χ0v) is 10.3. The van der Waals surface area contributed by atoms with E-state index in [9.17, 15) is 4.79 Å². The standard InChI is InChI=1S/C13H15ClN2O/c14-8-5-6-11-10(7-8)12(15)13(17)16(11)9-3-1-2-4-9/h5-7,9,12H,1-4,15H2. The summed E-state index contributed by atoms with van der Waals surface area (Å²) in [5.74, 6) is 0.0224. The molecule has 1 atom stereocenters. The third-order valence-electron chi connectivity index (χ3n) is 3.78. The van der Waals surface area contributed by atoms with Gasteiger partial charge in [-0.05, 0) is 31.0 Å². The zero-order chi connectivity index (χ0) is 12.0. The average molecular weight is 251 g/mol. The summed E-state index contributed by atoms with van der Waals surface area (Å²) in [6.45, 7) is 0. The molecule has 17 heavy (non-hydrogen) atoms. The van der Waals surface area contributed by atoms with Crippen molar-refractivity contribution in [3.63, 3.8) is 0 Å². The Bertz CT molecular complexity index is 468. The van der Waals surface area contributed by atoms with E-state index in [1.165, 1.54) is 12.8 Å². The number of hydrogen-bond acceptors (Lipinski definition) is 2. The summed E-state index contributed by atoms with van der Waals surface area (Å²) in [5.41, 5.74) is 7.79. The number of anilines is 1. The highest BCUT2D eigenvalue weighted by atomic mass is 35.5. The van der Waals surface area contributed by atoms with Gasteiger partial charge in [0.05, 0.1) is 0 Å². The van der Waals surface area contributed by atoms with Gasteiger partial charge in [-0.3, -0.25) is 4.79 Å². The van der Waals surface area contributed by atoms with Gasteiger partial charge in [0.15, 0.2) is 0 Å². The molecule has 3 rings (SSSR count). The second kappa shape index (κ2) is 4.00. The molecular formula is C13H15ClN2O. The number of benzene rings is 1. The molecule has 3 nitrogen and oxygen atoms in total. The molecule has 1 saturated carbocycles. The largest absolute Gasteiger partial charge is 0.316 e. The zero-order valence-electron chi connectivity index (χ0n) is 9.53. The molecule has 1 amide bonds. The Morgan fingerprint density at radius 2 is 2.00 bits per heavy atom. The second-order valence-corrected chi connectivity index (χ2v) is 5.26. The number of nitrogens with two attached hydrogens (primary N) is 1. The average Bonchev–Trinajstić information content (AvgIpc) is 2.90. The van der Waals surface area contributed by atoms with Crippen LogP contribution < -0.4 is 10.6 Å². The number of fused-ring (bicyclic) bond motifs is 1. The Morgan fingerprint density at radius 3 is 2.71 bits per heavy atom. The smallest absolute Gasteiger partial charge is 0.248 e. The van der Waals surface area contributed by atoms with Gasteiger partial charge in [-0.25, -0.2) is 0 Å². The summed E-state index contributed by atoms with van der Waals surface area (Å²) in [5, 5.41) is 0.639. The Balaban J connectivity index is 2.04. The van der Waals surface area contributed by atoms with Crippen LogP contribution in [-0.2, 0) is 4.79 Å². The first-order chi connectivity index (χ1) is 8.18. The summed E-state index contributed by atoms with van der Waals surface area (Å²) < 4.78 is 0. The van der Waals surface area contributed by atoms with Crippen LogP contribution in [0.1, 0.15) is 37.3 Å². The van der Waals surface area contributed by atoms with E-state index in [1.54, 1.807) is 0 Å². The molecular weight excluding hydrogens is 236 g/mol. The minimum Gasteiger partial charge on any atom is -0.316 e. The highest BCUT2D eigenvalue weighted by Gasteiger charge is 2.39. The highest BCUT2D eigenvalue weighted by Crippen LogP contribution is 2.40. The molecule has 0 radical (unpaired) electrons. The fourth-order valence-electron chi connectivity index (χ4n) is 2.93. The molecule has 2 N–H and O–H groups in total. The molecule has 1 fully saturated rings. The third kappa shape index (κ3) is 1.65. The van der Waals surface area contributed by atoms with Crippen molar-refractivity contribution < 1.29 is 4.79 Å². The molecule has 0 spiro atoms. The van der Waals surface area contributed by atoms with E-state index in [2.05, 4.69) is 0 Å². The molecule has 1 aliphatic heterocycles. The monoisotopic (exact) mass is 250 g/mol. The minimum absolute atomic E-state index is 0.0224. The first-order valence-electron chi connectivity index (χ1n) is 6.06. The second-order valence-electron chi connectivity index (χ2n) is 4.83. The quantitative estimate of drug-likeness (QED) is 0.833. The molecule has 90 valence electrons. The van der Waals surface area contributed by atoms with Crippen LogP contribution in [-0.4, -0.2) is 11.9 Å². The lowest BCUT2D eigenvalue weighted by Gasteiger charge is -2.24. The molecule has 1 aliphatic carbocycles. The molecule has 1 heterocycles. The van der Waals surface area contributed by atoms with Crippen molar-refractivity contribution >= 4 is 23.2 Å². The van der Waals surface area contributed by atoms with Gasteiger partial charge >= 0.3 is 0 Å². The normalized spacial score (nSPS) is 24.5. The van der Waals surface area contributed by atoms with Gasteiger partial charge < -0.3 is 10.6 Å². The van der Waals surface area contributed by atoms with Crippen LogP contribution in [0.2, 0.25) is 5.02 Å². The van der Waals surface area contributed by atoms with Crippen LogP contribution in [0.4, 0.5) is 5.69 Å². The van der Waals surface area contributed by atoms with Crippen molar-refractivity contribution in [1.82, 2.24) is 0 Å². The summed E-state index contributed by atoms with van der Waals surface area (Å²) in [4.78, 5) is 14.1. The van der Waals surface area contributed by atoms with E-state index in [0.717, 1.165) is 24.1 Å². The van der Waals surface area contributed by atoms with Crippen LogP contribution in [0.5, 0.6) is 0 Å². The SMILES string of the molecule is NC1C(=O)N(C2CCCC2)c2ccc(Cl)cc21. The summed E-state index contributed by atoms with van der Waals surface area (Å²) >= 11 is 5.96. The van der Waals surface area contributed by atoms with Gasteiger partial charge in [-0.15, -0.1) is 0 Å². The Labute approximate surface area is 106 Å². The predicted octanol–water partition coefficient (Wildman–Crippen LogP) is 2.63. The number of carbonyl (C=O) groups is 1. The maximum atomic E-state index is 12.2. The van der Waals surface area contributed by atoms with Crippen LogP contribution in [0.3, 0.4) is 0 Å². The van der Waals surface area contributed by atoms with Crippen molar-refractivity contribution in [3.05, 3.63) is 28.8 Å². The summed E-state index contributed by atoms with van der Waals surface area (Å²) in [6.07, 6.45) is 4.57. The fourth-order valence-corrected chi connectivity index (χ4v) is 3.12. The molecule has 1 unspecified atom stereocenters.